The number of rotatable bonds is 5. The highest BCUT2D eigenvalue weighted by Crippen LogP contribution is 2.15. The number of urea groups is 1. The highest BCUT2D eigenvalue weighted by atomic mass is 16.4. The van der Waals surface area contributed by atoms with Crippen LogP contribution in [0.25, 0.3) is 0 Å². The third-order valence-electron chi connectivity index (χ3n) is 2.95. The number of H-pyrrole nitrogens is 2. The number of carbonyl (C=O) groups is 2. The summed E-state index contributed by atoms with van der Waals surface area (Å²) in [5.41, 5.74) is 2.49. The van der Waals surface area contributed by atoms with Crippen molar-refractivity contribution in [2.24, 2.45) is 0 Å². The van der Waals surface area contributed by atoms with Crippen LogP contribution in [-0.2, 0) is 11.2 Å². The second-order valence-electron chi connectivity index (χ2n) is 4.58. The van der Waals surface area contributed by atoms with Gasteiger partial charge in [0.15, 0.2) is 0 Å². The van der Waals surface area contributed by atoms with Crippen molar-refractivity contribution in [3.05, 3.63) is 29.6 Å². The first-order valence-corrected chi connectivity index (χ1v) is 6.26. The minimum Gasteiger partial charge on any atom is -0.480 e. The van der Waals surface area contributed by atoms with Crippen molar-refractivity contribution in [1.82, 2.24) is 25.5 Å². The summed E-state index contributed by atoms with van der Waals surface area (Å²) in [4.78, 5) is 29.7. The van der Waals surface area contributed by atoms with E-state index in [4.69, 9.17) is 5.11 Å². The third kappa shape index (κ3) is 3.59. The van der Waals surface area contributed by atoms with E-state index in [1.165, 1.54) is 12.5 Å². The van der Waals surface area contributed by atoms with Gasteiger partial charge in [0.25, 0.3) is 0 Å². The van der Waals surface area contributed by atoms with Crippen LogP contribution in [0.5, 0.6) is 0 Å². The van der Waals surface area contributed by atoms with E-state index in [0.717, 1.165) is 0 Å². The molecule has 1 unspecified atom stereocenters. The number of aryl methyl sites for hydroxylation is 2. The zero-order chi connectivity index (χ0) is 15.4. The fourth-order valence-electron chi connectivity index (χ4n) is 1.86. The quantitative estimate of drug-likeness (QED) is 0.549. The van der Waals surface area contributed by atoms with Crippen molar-refractivity contribution >= 4 is 17.7 Å². The lowest BCUT2D eigenvalue weighted by Gasteiger charge is -2.14. The van der Waals surface area contributed by atoms with Crippen LogP contribution in [0.2, 0.25) is 0 Å². The first-order valence-electron chi connectivity index (χ1n) is 6.26. The molecule has 1 atom stereocenters. The summed E-state index contributed by atoms with van der Waals surface area (Å²) in [5.74, 6) is -1.12. The Labute approximate surface area is 120 Å². The van der Waals surface area contributed by atoms with E-state index >= 15 is 0 Å². The SMILES string of the molecule is Cc1n[nH]c(C)c1NC(=O)NC(Cc1cnc[nH]1)C(=O)O. The number of aliphatic carboxylic acids is 1. The Kier molecular flexibility index (Phi) is 4.21. The molecule has 2 aromatic rings. The smallest absolute Gasteiger partial charge is 0.326 e. The number of carbonyl (C=O) groups excluding carboxylic acids is 1. The van der Waals surface area contributed by atoms with E-state index in [2.05, 4.69) is 30.8 Å². The Morgan fingerprint density at radius 1 is 1.43 bits per heavy atom. The van der Waals surface area contributed by atoms with Gasteiger partial charge < -0.3 is 20.7 Å². The molecule has 112 valence electrons. The molecule has 0 radical (unpaired) electrons. The van der Waals surface area contributed by atoms with E-state index < -0.39 is 18.0 Å². The number of aromatic amines is 2. The summed E-state index contributed by atoms with van der Waals surface area (Å²) in [6, 6.07) is -1.66. The van der Waals surface area contributed by atoms with Gasteiger partial charge in [0.05, 0.1) is 23.4 Å². The highest BCUT2D eigenvalue weighted by molar-refractivity contribution is 5.93. The minimum atomic E-state index is -1.12. The van der Waals surface area contributed by atoms with Crippen LogP contribution >= 0.6 is 0 Å². The summed E-state index contributed by atoms with van der Waals surface area (Å²) >= 11 is 0. The summed E-state index contributed by atoms with van der Waals surface area (Å²) < 4.78 is 0. The van der Waals surface area contributed by atoms with Gasteiger partial charge in [0.2, 0.25) is 0 Å². The summed E-state index contributed by atoms with van der Waals surface area (Å²) in [6.45, 7) is 3.49. The molecule has 0 bridgehead atoms. The topological polar surface area (TPSA) is 136 Å². The molecule has 2 amide bonds. The van der Waals surface area contributed by atoms with Gasteiger partial charge in [0.1, 0.15) is 6.04 Å². The molecule has 2 aromatic heterocycles. The lowest BCUT2D eigenvalue weighted by molar-refractivity contribution is -0.139. The summed E-state index contributed by atoms with van der Waals surface area (Å²) in [7, 11) is 0. The van der Waals surface area contributed by atoms with E-state index in [0.29, 0.717) is 22.8 Å². The van der Waals surface area contributed by atoms with Gasteiger partial charge in [-0.05, 0) is 13.8 Å². The Morgan fingerprint density at radius 3 is 2.71 bits per heavy atom. The van der Waals surface area contributed by atoms with Crippen molar-refractivity contribution in [2.75, 3.05) is 5.32 Å². The number of aromatic nitrogens is 4. The van der Waals surface area contributed by atoms with E-state index in [9.17, 15) is 9.59 Å². The summed E-state index contributed by atoms with van der Waals surface area (Å²) in [5, 5.41) is 20.8. The van der Waals surface area contributed by atoms with Crippen LogP contribution in [0.1, 0.15) is 17.1 Å². The lowest BCUT2D eigenvalue weighted by Crippen LogP contribution is -2.44. The van der Waals surface area contributed by atoms with Crippen molar-refractivity contribution in [3.8, 4) is 0 Å². The fourth-order valence-corrected chi connectivity index (χ4v) is 1.86. The Balaban J connectivity index is 2.00. The second-order valence-corrected chi connectivity index (χ2v) is 4.58. The van der Waals surface area contributed by atoms with Gasteiger partial charge in [-0.1, -0.05) is 0 Å². The van der Waals surface area contributed by atoms with Crippen LogP contribution in [0.15, 0.2) is 12.5 Å². The van der Waals surface area contributed by atoms with Crippen LogP contribution in [0.3, 0.4) is 0 Å². The zero-order valence-electron chi connectivity index (χ0n) is 11.6. The first kappa shape index (κ1) is 14.6. The van der Waals surface area contributed by atoms with Crippen molar-refractivity contribution in [2.45, 2.75) is 26.3 Å². The Morgan fingerprint density at radius 2 is 2.19 bits per heavy atom. The fraction of sp³-hybridized carbons (Fsp3) is 0.333. The van der Waals surface area contributed by atoms with Crippen molar-refractivity contribution in [3.63, 3.8) is 0 Å². The lowest BCUT2D eigenvalue weighted by atomic mass is 10.1. The third-order valence-corrected chi connectivity index (χ3v) is 2.95. The van der Waals surface area contributed by atoms with Gasteiger partial charge in [-0.25, -0.2) is 14.6 Å². The van der Waals surface area contributed by atoms with Gasteiger partial charge in [0, 0.05) is 18.3 Å². The van der Waals surface area contributed by atoms with E-state index in [1.54, 1.807) is 13.8 Å². The van der Waals surface area contributed by atoms with E-state index in [-0.39, 0.29) is 6.42 Å². The van der Waals surface area contributed by atoms with Crippen molar-refractivity contribution < 1.29 is 14.7 Å². The number of carboxylic acid groups (broad SMARTS) is 1. The molecule has 0 aliphatic rings. The van der Waals surface area contributed by atoms with Crippen LogP contribution in [0, 0.1) is 13.8 Å². The second kappa shape index (κ2) is 6.07. The van der Waals surface area contributed by atoms with Crippen molar-refractivity contribution in [1.29, 1.82) is 0 Å². The molecule has 21 heavy (non-hydrogen) atoms. The molecule has 0 saturated heterocycles. The maximum Gasteiger partial charge on any atom is 0.326 e. The van der Waals surface area contributed by atoms with Gasteiger partial charge in [-0.2, -0.15) is 5.10 Å². The molecular weight excluding hydrogens is 276 g/mol. The standard InChI is InChI=1S/C12H16N6O3/c1-6-10(7(2)18-17-6)16-12(21)15-9(11(19)20)3-8-4-13-5-14-8/h4-5,9H,3H2,1-2H3,(H,13,14)(H,17,18)(H,19,20)(H2,15,16,21). The van der Waals surface area contributed by atoms with Crippen LogP contribution in [-0.4, -0.2) is 43.3 Å². The Bertz CT molecular complexity index is 614. The van der Waals surface area contributed by atoms with Gasteiger partial charge in [-0.3, -0.25) is 5.10 Å². The minimum absolute atomic E-state index is 0.117. The predicted octanol–water partition coefficient (Wildman–Crippen LogP) is 0.567. The number of nitrogens with one attached hydrogen (secondary N) is 4. The number of hydrogen-bond donors (Lipinski definition) is 5. The number of imidazole rings is 1. The first-order chi connectivity index (χ1) is 9.97. The Hall–Kier alpha value is -2.84. The molecule has 2 rings (SSSR count). The predicted molar refractivity (Wildman–Crippen MR) is 73.9 cm³/mol. The molecule has 0 aliphatic heterocycles. The largest absolute Gasteiger partial charge is 0.480 e. The van der Waals surface area contributed by atoms with Gasteiger partial charge >= 0.3 is 12.0 Å². The highest BCUT2D eigenvalue weighted by Gasteiger charge is 2.22. The average Bonchev–Trinajstić information content (AvgIpc) is 3.03. The van der Waals surface area contributed by atoms with Crippen LogP contribution < -0.4 is 10.6 Å². The molecule has 0 aliphatic carbocycles. The number of nitrogens with zero attached hydrogens (tertiary/aromatic N) is 2. The zero-order valence-corrected chi connectivity index (χ0v) is 11.6. The average molecular weight is 292 g/mol. The molecule has 0 fully saturated rings. The molecule has 0 spiro atoms. The number of carboxylic acids is 1. The number of amides is 2. The molecule has 0 aromatic carbocycles. The molecule has 9 nitrogen and oxygen atoms in total. The molecule has 5 N–H and O–H groups in total. The van der Waals surface area contributed by atoms with E-state index in [1.807, 2.05) is 0 Å². The van der Waals surface area contributed by atoms with Gasteiger partial charge in [-0.15, -0.1) is 0 Å². The number of anilines is 1. The number of hydrogen-bond acceptors (Lipinski definition) is 4. The molecular formula is C12H16N6O3. The monoisotopic (exact) mass is 292 g/mol. The summed E-state index contributed by atoms with van der Waals surface area (Å²) in [6.07, 6.45) is 3.08. The maximum absolute atomic E-state index is 11.9. The molecule has 9 heteroatoms. The molecule has 0 saturated carbocycles. The normalized spacial score (nSPS) is 11.9. The molecule has 2 heterocycles. The van der Waals surface area contributed by atoms with Crippen LogP contribution in [0.4, 0.5) is 10.5 Å². The maximum atomic E-state index is 11.9.